The molecule has 0 radical (unpaired) electrons. The molecule has 2 aromatic carbocycles. The molecule has 2 aromatic rings. The van der Waals surface area contributed by atoms with E-state index in [0.29, 0.717) is 0 Å². The molecule has 0 saturated heterocycles. The summed E-state index contributed by atoms with van der Waals surface area (Å²) in [5.74, 6) is 0.808. The van der Waals surface area contributed by atoms with Crippen LogP contribution in [0.4, 0.5) is 5.69 Å². The number of hydrogen-bond donors (Lipinski definition) is 1. The summed E-state index contributed by atoms with van der Waals surface area (Å²) in [5, 5.41) is 4.89. The largest absolute Gasteiger partial charge is 0.497 e. The van der Waals surface area contributed by atoms with E-state index in [1.165, 1.54) is 0 Å². The first kappa shape index (κ1) is 13.4. The molecule has 0 heterocycles. The van der Waals surface area contributed by atoms with Gasteiger partial charge in [-0.25, -0.2) is 0 Å². The first-order valence-electron chi connectivity index (χ1n) is 5.88. The first-order chi connectivity index (χ1) is 9.19. The summed E-state index contributed by atoms with van der Waals surface area (Å²) in [5.41, 5.74) is 5.81. The van der Waals surface area contributed by atoms with Gasteiger partial charge in [0.05, 0.1) is 19.0 Å². The second-order valence-corrected chi connectivity index (χ2v) is 4.52. The van der Waals surface area contributed by atoms with Gasteiger partial charge in [-0.05, 0) is 42.3 Å². The Balaban J connectivity index is 2.04. The first-order valence-corrected chi connectivity index (χ1v) is 6.26. The Hall–Kier alpha value is -2.00. The summed E-state index contributed by atoms with van der Waals surface area (Å²) >= 11 is 6.04. The summed E-state index contributed by atoms with van der Waals surface area (Å²) < 4.78 is 5.15. The van der Waals surface area contributed by atoms with Gasteiger partial charge in [-0.1, -0.05) is 29.8 Å². The van der Waals surface area contributed by atoms with Gasteiger partial charge in [-0.2, -0.15) is 5.10 Å². The molecule has 2 rings (SSSR count). The summed E-state index contributed by atoms with van der Waals surface area (Å²) in [6, 6.07) is 13.4. The number of nitrogens with one attached hydrogen (secondary N) is 1. The monoisotopic (exact) mass is 274 g/mol. The fourth-order valence-electron chi connectivity index (χ4n) is 1.57. The van der Waals surface area contributed by atoms with Crippen LogP contribution in [0.1, 0.15) is 11.1 Å². The van der Waals surface area contributed by atoms with Crippen molar-refractivity contribution in [2.24, 2.45) is 5.10 Å². The number of aryl methyl sites for hydroxylation is 1. The molecule has 0 unspecified atom stereocenters. The lowest BCUT2D eigenvalue weighted by Crippen LogP contribution is -1.91. The van der Waals surface area contributed by atoms with Crippen LogP contribution in [0, 0.1) is 6.92 Å². The Kier molecular flexibility index (Phi) is 4.42. The molecule has 0 spiro atoms. The maximum Gasteiger partial charge on any atom is 0.119 e. The smallest absolute Gasteiger partial charge is 0.119 e. The van der Waals surface area contributed by atoms with Crippen molar-refractivity contribution >= 4 is 23.5 Å². The van der Waals surface area contributed by atoms with Gasteiger partial charge in [0.15, 0.2) is 0 Å². The minimum atomic E-state index is 0.724. The molecule has 0 atom stereocenters. The van der Waals surface area contributed by atoms with E-state index in [4.69, 9.17) is 16.3 Å². The molecular weight excluding hydrogens is 260 g/mol. The number of nitrogens with zero attached hydrogens (tertiary/aromatic N) is 1. The predicted molar refractivity (Wildman–Crippen MR) is 80.4 cm³/mol. The highest BCUT2D eigenvalue weighted by atomic mass is 35.5. The van der Waals surface area contributed by atoms with Crippen LogP contribution in [0.15, 0.2) is 47.6 Å². The second kappa shape index (κ2) is 6.25. The molecule has 4 heteroatoms. The van der Waals surface area contributed by atoms with Gasteiger partial charge >= 0.3 is 0 Å². The van der Waals surface area contributed by atoms with Crippen LogP contribution < -0.4 is 10.2 Å². The van der Waals surface area contributed by atoms with Gasteiger partial charge in [0, 0.05) is 5.02 Å². The normalized spacial score (nSPS) is 10.7. The van der Waals surface area contributed by atoms with E-state index in [2.05, 4.69) is 10.5 Å². The number of halogens is 1. The summed E-state index contributed by atoms with van der Waals surface area (Å²) in [6.07, 6.45) is 1.73. The molecule has 0 aromatic heterocycles. The lowest BCUT2D eigenvalue weighted by Gasteiger charge is -2.03. The highest BCUT2D eigenvalue weighted by Crippen LogP contribution is 2.19. The second-order valence-electron chi connectivity index (χ2n) is 4.11. The molecule has 19 heavy (non-hydrogen) atoms. The van der Waals surface area contributed by atoms with Crippen molar-refractivity contribution in [3.8, 4) is 5.75 Å². The lowest BCUT2D eigenvalue weighted by atomic mass is 10.2. The number of benzene rings is 2. The minimum Gasteiger partial charge on any atom is -0.497 e. The third-order valence-corrected chi connectivity index (χ3v) is 3.08. The van der Waals surface area contributed by atoms with Crippen molar-refractivity contribution in [3.05, 3.63) is 58.6 Å². The van der Waals surface area contributed by atoms with Crippen LogP contribution in [-0.2, 0) is 0 Å². The quantitative estimate of drug-likeness (QED) is 0.673. The number of methoxy groups -OCH3 is 1. The van der Waals surface area contributed by atoms with Gasteiger partial charge in [0.2, 0.25) is 0 Å². The Bertz CT molecular complexity index is 596. The van der Waals surface area contributed by atoms with Crippen molar-refractivity contribution in [1.82, 2.24) is 0 Å². The highest BCUT2D eigenvalue weighted by molar-refractivity contribution is 6.31. The number of ether oxygens (including phenoxy) is 1. The van der Waals surface area contributed by atoms with E-state index in [1.807, 2.05) is 49.4 Å². The molecule has 0 aliphatic heterocycles. The lowest BCUT2D eigenvalue weighted by molar-refractivity contribution is 0.415. The minimum absolute atomic E-state index is 0.724. The van der Waals surface area contributed by atoms with Crippen LogP contribution in [0.3, 0.4) is 0 Å². The highest BCUT2D eigenvalue weighted by Gasteiger charge is 1.96. The molecule has 98 valence electrons. The molecular formula is C15H15ClN2O. The molecule has 3 nitrogen and oxygen atoms in total. The molecule has 0 aliphatic rings. The maximum absolute atomic E-state index is 6.04. The van der Waals surface area contributed by atoms with E-state index in [0.717, 1.165) is 27.6 Å². The van der Waals surface area contributed by atoms with Crippen LogP contribution in [0.2, 0.25) is 5.02 Å². The van der Waals surface area contributed by atoms with Crippen LogP contribution in [0.25, 0.3) is 0 Å². The zero-order chi connectivity index (χ0) is 13.7. The fraction of sp³-hybridized carbons (Fsp3) is 0.133. The molecule has 0 aliphatic carbocycles. The van der Waals surface area contributed by atoms with Crippen molar-refractivity contribution in [3.63, 3.8) is 0 Å². The molecule has 0 bridgehead atoms. The standard InChI is InChI=1S/C15H15ClN2O/c1-11-6-7-13(9-15(11)16)18-17-10-12-4-3-5-14(8-12)19-2/h3-10,18H,1-2H3. The van der Waals surface area contributed by atoms with Crippen LogP contribution in [0.5, 0.6) is 5.75 Å². The third-order valence-electron chi connectivity index (χ3n) is 2.67. The average Bonchev–Trinajstić information content (AvgIpc) is 2.43. The zero-order valence-electron chi connectivity index (χ0n) is 10.9. The number of rotatable bonds is 4. The van der Waals surface area contributed by atoms with Crippen molar-refractivity contribution in [1.29, 1.82) is 0 Å². The Morgan fingerprint density at radius 3 is 2.79 bits per heavy atom. The molecule has 1 N–H and O–H groups in total. The topological polar surface area (TPSA) is 33.6 Å². The fourth-order valence-corrected chi connectivity index (χ4v) is 1.75. The van der Waals surface area contributed by atoms with Crippen LogP contribution >= 0.6 is 11.6 Å². The van der Waals surface area contributed by atoms with E-state index < -0.39 is 0 Å². The number of hydrogen-bond acceptors (Lipinski definition) is 3. The Morgan fingerprint density at radius 2 is 2.05 bits per heavy atom. The number of hydrazone groups is 1. The van der Waals surface area contributed by atoms with Gasteiger partial charge in [0.25, 0.3) is 0 Å². The molecule has 0 saturated carbocycles. The van der Waals surface area contributed by atoms with Crippen molar-refractivity contribution in [2.75, 3.05) is 12.5 Å². The van der Waals surface area contributed by atoms with Crippen LogP contribution in [-0.4, -0.2) is 13.3 Å². The van der Waals surface area contributed by atoms with E-state index in [9.17, 15) is 0 Å². The zero-order valence-corrected chi connectivity index (χ0v) is 11.6. The predicted octanol–water partition coefficient (Wildman–Crippen LogP) is 4.10. The Labute approximate surface area is 117 Å². The third kappa shape index (κ3) is 3.73. The van der Waals surface area contributed by atoms with E-state index in [-0.39, 0.29) is 0 Å². The van der Waals surface area contributed by atoms with Gasteiger partial charge < -0.3 is 4.74 Å². The summed E-state index contributed by atoms with van der Waals surface area (Å²) in [4.78, 5) is 0. The van der Waals surface area contributed by atoms with E-state index >= 15 is 0 Å². The summed E-state index contributed by atoms with van der Waals surface area (Å²) in [7, 11) is 1.64. The van der Waals surface area contributed by atoms with Crippen molar-refractivity contribution in [2.45, 2.75) is 6.92 Å². The molecule has 0 fully saturated rings. The van der Waals surface area contributed by atoms with Crippen molar-refractivity contribution < 1.29 is 4.74 Å². The average molecular weight is 275 g/mol. The Morgan fingerprint density at radius 1 is 1.21 bits per heavy atom. The number of anilines is 1. The summed E-state index contributed by atoms with van der Waals surface area (Å²) in [6.45, 7) is 1.96. The van der Waals surface area contributed by atoms with E-state index in [1.54, 1.807) is 13.3 Å². The SMILES string of the molecule is COc1cccc(C=NNc2ccc(C)c(Cl)c2)c1. The molecule has 0 amide bonds. The van der Waals surface area contributed by atoms with Gasteiger partial charge in [0.1, 0.15) is 5.75 Å². The van der Waals surface area contributed by atoms with Gasteiger partial charge in [-0.15, -0.1) is 0 Å². The maximum atomic E-state index is 6.04. The van der Waals surface area contributed by atoms with Gasteiger partial charge in [-0.3, -0.25) is 5.43 Å².